The summed E-state index contributed by atoms with van der Waals surface area (Å²) in [6.45, 7) is 2.35. The largest absolute Gasteiger partial charge is 0.444 e. The van der Waals surface area contributed by atoms with E-state index in [2.05, 4.69) is 15.9 Å². The lowest BCUT2D eigenvalue weighted by Crippen LogP contribution is -2.39. The van der Waals surface area contributed by atoms with Crippen LogP contribution in [0.25, 0.3) is 0 Å². The fourth-order valence-corrected chi connectivity index (χ4v) is 2.43. The average molecular weight is 302 g/mol. The first kappa shape index (κ1) is 12.6. The number of likely N-dealkylation sites (tertiary alicyclic amines) is 1. The van der Waals surface area contributed by atoms with Gasteiger partial charge in [-0.1, -0.05) is 0 Å². The van der Waals surface area contributed by atoms with Crippen LogP contribution in [0.2, 0.25) is 0 Å². The fraction of sp³-hybridized carbons (Fsp3) is 0.583. The Balaban J connectivity index is 1.90. The third-order valence-corrected chi connectivity index (χ3v) is 3.51. The van der Waals surface area contributed by atoms with Crippen LogP contribution in [0.4, 0.5) is 0 Å². The van der Waals surface area contributed by atoms with Crippen LogP contribution in [0, 0.1) is 5.92 Å². The number of ether oxygens (including phenoxy) is 1. The summed E-state index contributed by atoms with van der Waals surface area (Å²) in [6, 6.07) is 3.44. The molecule has 2 heterocycles. The molecule has 1 fully saturated rings. The molecule has 0 saturated carbocycles. The van der Waals surface area contributed by atoms with Crippen LogP contribution in [-0.4, -0.2) is 37.6 Å². The van der Waals surface area contributed by atoms with Gasteiger partial charge in [0.15, 0.2) is 10.4 Å². The number of piperidine rings is 1. The summed E-state index contributed by atoms with van der Waals surface area (Å²) in [5.41, 5.74) is 0. The first-order valence-electron chi connectivity index (χ1n) is 5.74. The summed E-state index contributed by atoms with van der Waals surface area (Å²) in [5.74, 6) is 0.959. The Morgan fingerprint density at radius 3 is 2.76 bits per heavy atom. The van der Waals surface area contributed by atoms with Crippen LogP contribution < -0.4 is 0 Å². The van der Waals surface area contributed by atoms with E-state index in [1.807, 2.05) is 4.90 Å². The second kappa shape index (κ2) is 5.69. The third kappa shape index (κ3) is 3.10. The molecule has 0 N–H and O–H groups in total. The van der Waals surface area contributed by atoms with Crippen molar-refractivity contribution in [2.45, 2.75) is 12.8 Å². The third-order valence-electron chi connectivity index (χ3n) is 3.09. The maximum Gasteiger partial charge on any atom is 0.289 e. The highest BCUT2D eigenvalue weighted by Gasteiger charge is 2.25. The van der Waals surface area contributed by atoms with Crippen LogP contribution >= 0.6 is 15.9 Å². The van der Waals surface area contributed by atoms with Crippen LogP contribution in [0.5, 0.6) is 0 Å². The molecule has 4 nitrogen and oxygen atoms in total. The van der Waals surface area contributed by atoms with E-state index in [1.54, 1.807) is 19.2 Å². The van der Waals surface area contributed by atoms with Crippen molar-refractivity contribution >= 4 is 21.8 Å². The van der Waals surface area contributed by atoms with Gasteiger partial charge in [-0.25, -0.2) is 0 Å². The average Bonchev–Trinajstić information content (AvgIpc) is 2.76. The van der Waals surface area contributed by atoms with Crippen molar-refractivity contribution in [3.05, 3.63) is 22.6 Å². The maximum atomic E-state index is 12.1. The minimum absolute atomic E-state index is 0.0217. The molecule has 1 aromatic rings. The standard InChI is InChI=1S/C12H16BrNO3/c1-16-8-9-4-6-14(7-5-9)12(15)10-2-3-11(13)17-10/h2-3,9H,4-8H2,1H3. The number of hydrogen-bond acceptors (Lipinski definition) is 3. The molecular weight excluding hydrogens is 286 g/mol. The van der Waals surface area contributed by atoms with Crippen molar-refractivity contribution in [2.75, 3.05) is 26.8 Å². The van der Waals surface area contributed by atoms with Gasteiger partial charge in [0.05, 0.1) is 0 Å². The molecule has 1 aliphatic rings. The lowest BCUT2D eigenvalue weighted by molar-refractivity contribution is 0.0584. The molecule has 1 amide bonds. The fourth-order valence-electron chi connectivity index (χ4n) is 2.12. The number of rotatable bonds is 3. The molecule has 1 aromatic heterocycles. The normalized spacial score (nSPS) is 17.4. The van der Waals surface area contributed by atoms with E-state index in [4.69, 9.17) is 9.15 Å². The van der Waals surface area contributed by atoms with E-state index in [0.29, 0.717) is 16.3 Å². The Morgan fingerprint density at radius 2 is 2.24 bits per heavy atom. The zero-order chi connectivity index (χ0) is 12.3. The Bertz CT molecular complexity index is 383. The number of nitrogens with zero attached hydrogens (tertiary/aromatic N) is 1. The quantitative estimate of drug-likeness (QED) is 0.861. The predicted molar refractivity (Wildman–Crippen MR) is 66.9 cm³/mol. The van der Waals surface area contributed by atoms with Gasteiger partial charge in [0.25, 0.3) is 5.91 Å². The minimum Gasteiger partial charge on any atom is -0.444 e. The van der Waals surface area contributed by atoms with E-state index >= 15 is 0 Å². The highest BCUT2D eigenvalue weighted by atomic mass is 79.9. The van der Waals surface area contributed by atoms with Crippen LogP contribution in [0.15, 0.2) is 21.2 Å². The lowest BCUT2D eigenvalue weighted by atomic mass is 9.98. The summed E-state index contributed by atoms with van der Waals surface area (Å²) in [4.78, 5) is 13.9. The SMILES string of the molecule is COCC1CCN(C(=O)c2ccc(Br)o2)CC1. The van der Waals surface area contributed by atoms with Gasteiger partial charge in [0.1, 0.15) is 0 Å². The number of carbonyl (C=O) groups is 1. The molecule has 17 heavy (non-hydrogen) atoms. The number of carbonyl (C=O) groups excluding carboxylic acids is 1. The van der Waals surface area contributed by atoms with Crippen LogP contribution in [0.1, 0.15) is 23.4 Å². The second-order valence-corrected chi connectivity index (χ2v) is 5.08. The van der Waals surface area contributed by atoms with E-state index in [9.17, 15) is 4.79 Å². The highest BCUT2D eigenvalue weighted by molar-refractivity contribution is 9.10. The lowest BCUT2D eigenvalue weighted by Gasteiger charge is -2.31. The molecule has 0 bridgehead atoms. The van der Waals surface area contributed by atoms with Crippen molar-refractivity contribution in [3.8, 4) is 0 Å². The number of halogens is 1. The minimum atomic E-state index is -0.0217. The molecule has 1 aliphatic heterocycles. The number of amides is 1. The van der Waals surface area contributed by atoms with Gasteiger partial charge < -0.3 is 14.1 Å². The predicted octanol–water partition coefficient (Wildman–Crippen LogP) is 2.54. The van der Waals surface area contributed by atoms with Crippen LogP contribution in [0.3, 0.4) is 0 Å². The summed E-state index contributed by atoms with van der Waals surface area (Å²) in [6.07, 6.45) is 2.00. The zero-order valence-corrected chi connectivity index (χ0v) is 11.4. The summed E-state index contributed by atoms with van der Waals surface area (Å²) in [5, 5.41) is 0. The topological polar surface area (TPSA) is 42.7 Å². The Kier molecular flexibility index (Phi) is 4.23. The molecule has 0 aromatic carbocycles. The van der Waals surface area contributed by atoms with E-state index in [1.165, 1.54) is 0 Å². The summed E-state index contributed by atoms with van der Waals surface area (Å²) >= 11 is 3.20. The van der Waals surface area contributed by atoms with Crippen LogP contribution in [-0.2, 0) is 4.74 Å². The van der Waals surface area contributed by atoms with Gasteiger partial charge in [-0.05, 0) is 46.8 Å². The molecule has 0 atom stereocenters. The monoisotopic (exact) mass is 301 g/mol. The summed E-state index contributed by atoms with van der Waals surface area (Å²) in [7, 11) is 1.72. The first-order valence-corrected chi connectivity index (χ1v) is 6.53. The Morgan fingerprint density at radius 1 is 1.53 bits per heavy atom. The molecule has 0 radical (unpaired) electrons. The van der Waals surface area contributed by atoms with Gasteiger partial charge in [0.2, 0.25) is 0 Å². The van der Waals surface area contributed by atoms with Gasteiger partial charge in [0, 0.05) is 26.8 Å². The number of hydrogen-bond donors (Lipinski definition) is 0. The number of methoxy groups -OCH3 is 1. The molecule has 0 spiro atoms. The zero-order valence-electron chi connectivity index (χ0n) is 9.82. The highest BCUT2D eigenvalue weighted by Crippen LogP contribution is 2.21. The summed E-state index contributed by atoms with van der Waals surface area (Å²) < 4.78 is 11.0. The second-order valence-electron chi connectivity index (χ2n) is 4.29. The van der Waals surface area contributed by atoms with Crippen molar-refractivity contribution < 1.29 is 13.9 Å². The molecule has 2 rings (SSSR count). The van der Waals surface area contributed by atoms with Gasteiger partial charge in [-0.15, -0.1) is 0 Å². The van der Waals surface area contributed by atoms with Crippen molar-refractivity contribution in [1.29, 1.82) is 0 Å². The van der Waals surface area contributed by atoms with E-state index in [0.717, 1.165) is 32.5 Å². The molecule has 1 saturated heterocycles. The molecular formula is C12H16BrNO3. The van der Waals surface area contributed by atoms with Crippen molar-refractivity contribution in [1.82, 2.24) is 4.90 Å². The van der Waals surface area contributed by atoms with E-state index < -0.39 is 0 Å². The molecule has 0 unspecified atom stereocenters. The van der Waals surface area contributed by atoms with Crippen molar-refractivity contribution in [2.24, 2.45) is 5.92 Å². The van der Waals surface area contributed by atoms with Gasteiger partial charge in [-0.3, -0.25) is 4.79 Å². The maximum absolute atomic E-state index is 12.1. The van der Waals surface area contributed by atoms with Gasteiger partial charge in [-0.2, -0.15) is 0 Å². The molecule has 0 aliphatic carbocycles. The number of furan rings is 1. The Hall–Kier alpha value is -0.810. The Labute approximate surface area is 109 Å². The van der Waals surface area contributed by atoms with E-state index in [-0.39, 0.29) is 5.91 Å². The molecule has 94 valence electrons. The first-order chi connectivity index (χ1) is 8.20. The smallest absolute Gasteiger partial charge is 0.289 e. The molecule has 5 heteroatoms. The van der Waals surface area contributed by atoms with Gasteiger partial charge >= 0.3 is 0 Å². The van der Waals surface area contributed by atoms with Crippen molar-refractivity contribution in [3.63, 3.8) is 0 Å².